The van der Waals surface area contributed by atoms with E-state index in [0.29, 0.717) is 0 Å². The Balaban J connectivity index is 2.48. The molecule has 0 bridgehead atoms. The molecule has 0 spiro atoms. The largest absolute Gasteiger partial charge is 0.0984 e. The topological polar surface area (TPSA) is 0 Å². The molecule has 1 aliphatic carbocycles. The summed E-state index contributed by atoms with van der Waals surface area (Å²) in [7, 11) is 0. The van der Waals surface area contributed by atoms with Gasteiger partial charge in [-0.2, -0.15) is 0 Å². The number of benzene rings is 2. The third-order valence-electron chi connectivity index (χ3n) is 3.35. The molecule has 0 saturated carbocycles. The van der Waals surface area contributed by atoms with Crippen LogP contribution in [-0.4, -0.2) is 0 Å². The molecule has 3 rings (SSSR count). The van der Waals surface area contributed by atoms with Gasteiger partial charge < -0.3 is 0 Å². The van der Waals surface area contributed by atoms with Crippen LogP contribution in [0, 0.1) is 3.57 Å². The Kier molecular flexibility index (Phi) is 2.86. The Bertz CT molecular complexity index is 718. The number of allylic oxidation sites excluding steroid dienone is 5. The van der Waals surface area contributed by atoms with E-state index in [0.717, 1.165) is 0 Å². The van der Waals surface area contributed by atoms with Crippen LogP contribution in [0.15, 0.2) is 55.1 Å². The van der Waals surface area contributed by atoms with E-state index in [4.69, 9.17) is 0 Å². The molecule has 0 atom stereocenters. The van der Waals surface area contributed by atoms with Gasteiger partial charge in [-0.1, -0.05) is 43.0 Å². The van der Waals surface area contributed by atoms with Gasteiger partial charge in [0.15, 0.2) is 0 Å². The fourth-order valence-electron chi connectivity index (χ4n) is 2.68. The van der Waals surface area contributed by atoms with Crippen molar-refractivity contribution in [3.8, 4) is 0 Å². The molecule has 0 unspecified atom stereocenters. The van der Waals surface area contributed by atoms with Crippen molar-refractivity contribution in [2.45, 2.75) is 6.92 Å². The molecule has 2 aromatic carbocycles. The molecule has 0 aliphatic heterocycles. The second-order valence-electron chi connectivity index (χ2n) is 4.39. The second kappa shape index (κ2) is 4.39. The van der Waals surface area contributed by atoms with Crippen LogP contribution in [0.3, 0.4) is 0 Å². The summed E-state index contributed by atoms with van der Waals surface area (Å²) in [6.45, 7) is 6.04. The van der Waals surface area contributed by atoms with Gasteiger partial charge in [-0.25, -0.2) is 0 Å². The standard InChI is InChI=1S/C17H13I/c1-3-6-14-13(4-2)16-10-12(18)9-11-7-5-8-15(14)17(11)16/h3-10H,2H2,1H3/b6-3-. The summed E-state index contributed by atoms with van der Waals surface area (Å²) < 4.78 is 1.27. The third kappa shape index (κ3) is 1.57. The zero-order chi connectivity index (χ0) is 12.7. The summed E-state index contributed by atoms with van der Waals surface area (Å²) in [6, 6.07) is 11.0. The van der Waals surface area contributed by atoms with Crippen LogP contribution in [0.5, 0.6) is 0 Å². The lowest BCUT2D eigenvalue weighted by Crippen LogP contribution is -1.82. The van der Waals surface area contributed by atoms with Crippen molar-refractivity contribution in [3.63, 3.8) is 0 Å². The first kappa shape index (κ1) is 11.7. The van der Waals surface area contributed by atoms with Gasteiger partial charge in [-0.3, -0.25) is 0 Å². The van der Waals surface area contributed by atoms with Gasteiger partial charge in [0.1, 0.15) is 0 Å². The van der Waals surface area contributed by atoms with Crippen molar-refractivity contribution in [2.24, 2.45) is 0 Å². The highest BCUT2D eigenvalue weighted by Gasteiger charge is 2.20. The van der Waals surface area contributed by atoms with Crippen molar-refractivity contribution in [3.05, 3.63) is 69.8 Å². The predicted molar refractivity (Wildman–Crippen MR) is 88.5 cm³/mol. The zero-order valence-electron chi connectivity index (χ0n) is 10.2. The van der Waals surface area contributed by atoms with Gasteiger partial charge in [-0.15, -0.1) is 0 Å². The van der Waals surface area contributed by atoms with E-state index in [1.165, 1.54) is 36.6 Å². The van der Waals surface area contributed by atoms with Crippen LogP contribution in [0.25, 0.3) is 21.9 Å². The normalized spacial score (nSPS) is 13.9. The molecule has 1 heteroatoms. The maximum Gasteiger partial charge on any atom is 0.0142 e. The van der Waals surface area contributed by atoms with Crippen LogP contribution >= 0.6 is 22.6 Å². The van der Waals surface area contributed by atoms with E-state index in [1.807, 2.05) is 6.08 Å². The molecule has 0 aromatic heterocycles. The minimum Gasteiger partial charge on any atom is -0.0984 e. The highest BCUT2D eigenvalue weighted by molar-refractivity contribution is 14.1. The first-order chi connectivity index (χ1) is 8.76. The molecule has 0 amide bonds. The van der Waals surface area contributed by atoms with Crippen molar-refractivity contribution in [1.82, 2.24) is 0 Å². The Hall–Kier alpha value is -1.35. The summed E-state index contributed by atoms with van der Waals surface area (Å²) in [5.41, 5.74) is 5.18. The van der Waals surface area contributed by atoms with Crippen LogP contribution in [0.4, 0.5) is 0 Å². The van der Waals surface area contributed by atoms with Crippen LogP contribution in [0.2, 0.25) is 0 Å². The van der Waals surface area contributed by atoms with Crippen molar-refractivity contribution in [2.75, 3.05) is 0 Å². The summed E-state index contributed by atoms with van der Waals surface area (Å²) in [6.07, 6.45) is 6.24. The molecule has 1 aliphatic rings. The Morgan fingerprint density at radius 1 is 1.11 bits per heavy atom. The van der Waals surface area contributed by atoms with Gasteiger partial charge in [0.25, 0.3) is 0 Å². The maximum atomic E-state index is 3.98. The number of hydrogen-bond donors (Lipinski definition) is 0. The Morgan fingerprint density at radius 2 is 1.94 bits per heavy atom. The predicted octanol–water partition coefficient (Wildman–Crippen LogP) is 5.43. The molecular weight excluding hydrogens is 331 g/mol. The van der Waals surface area contributed by atoms with Gasteiger partial charge in [0.05, 0.1) is 0 Å². The van der Waals surface area contributed by atoms with E-state index in [-0.39, 0.29) is 0 Å². The van der Waals surface area contributed by atoms with E-state index in [9.17, 15) is 0 Å². The average molecular weight is 344 g/mol. The smallest absolute Gasteiger partial charge is 0.0142 e. The third-order valence-corrected chi connectivity index (χ3v) is 3.97. The first-order valence-corrected chi connectivity index (χ1v) is 7.06. The second-order valence-corrected chi connectivity index (χ2v) is 5.63. The molecule has 0 fully saturated rings. The van der Waals surface area contributed by atoms with Gasteiger partial charge >= 0.3 is 0 Å². The lowest BCUT2D eigenvalue weighted by atomic mass is 10.0. The van der Waals surface area contributed by atoms with E-state index in [1.54, 1.807) is 0 Å². The highest BCUT2D eigenvalue weighted by Crippen LogP contribution is 2.43. The molecular formula is C17H13I. The van der Waals surface area contributed by atoms with E-state index in [2.05, 4.69) is 78.6 Å². The van der Waals surface area contributed by atoms with Gasteiger partial charge in [0, 0.05) is 3.57 Å². The van der Waals surface area contributed by atoms with Crippen molar-refractivity contribution >= 4 is 44.5 Å². The lowest BCUT2D eigenvalue weighted by molar-refractivity contribution is 1.66. The highest BCUT2D eigenvalue weighted by atomic mass is 127. The molecule has 0 N–H and O–H groups in total. The molecule has 88 valence electrons. The van der Waals surface area contributed by atoms with Crippen molar-refractivity contribution in [1.29, 1.82) is 0 Å². The first-order valence-electron chi connectivity index (χ1n) is 5.98. The Morgan fingerprint density at radius 3 is 2.67 bits per heavy atom. The molecule has 0 saturated heterocycles. The maximum absolute atomic E-state index is 3.98. The van der Waals surface area contributed by atoms with Gasteiger partial charge in [-0.05, 0) is 74.7 Å². The fourth-order valence-corrected chi connectivity index (χ4v) is 3.33. The minimum atomic E-state index is 1.25. The number of halogens is 1. The van der Waals surface area contributed by atoms with Crippen LogP contribution in [0.1, 0.15) is 18.1 Å². The summed E-state index contributed by atoms with van der Waals surface area (Å²) in [5.74, 6) is 0. The monoisotopic (exact) mass is 344 g/mol. The molecule has 18 heavy (non-hydrogen) atoms. The lowest BCUT2D eigenvalue weighted by Gasteiger charge is -2.04. The quantitative estimate of drug-likeness (QED) is 0.637. The van der Waals surface area contributed by atoms with Crippen LogP contribution < -0.4 is 0 Å². The molecule has 0 nitrogen and oxygen atoms in total. The average Bonchev–Trinajstić information content (AvgIpc) is 2.65. The Labute approximate surface area is 121 Å². The summed E-state index contributed by atoms with van der Waals surface area (Å²) in [5, 5.41) is 2.68. The number of hydrogen-bond acceptors (Lipinski definition) is 0. The zero-order valence-corrected chi connectivity index (χ0v) is 12.4. The molecule has 0 heterocycles. The summed E-state index contributed by atoms with van der Waals surface area (Å²) >= 11 is 2.38. The van der Waals surface area contributed by atoms with E-state index < -0.39 is 0 Å². The molecule has 0 radical (unpaired) electrons. The van der Waals surface area contributed by atoms with Crippen LogP contribution in [-0.2, 0) is 0 Å². The summed E-state index contributed by atoms with van der Waals surface area (Å²) in [4.78, 5) is 0. The number of rotatable bonds is 2. The van der Waals surface area contributed by atoms with E-state index >= 15 is 0 Å². The van der Waals surface area contributed by atoms with Gasteiger partial charge in [0.2, 0.25) is 0 Å². The minimum absolute atomic E-state index is 1.25. The van der Waals surface area contributed by atoms with Crippen molar-refractivity contribution < 1.29 is 0 Å². The molecule has 2 aromatic rings. The SMILES string of the molecule is C=CC1=C(/C=C\C)c2cccc3cc(I)cc1c23. The fraction of sp³-hybridized carbons (Fsp3) is 0.0588.